The molecule has 9 heavy (non-hydrogen) atoms. The van der Waals surface area contributed by atoms with Crippen LogP contribution in [0.5, 0.6) is 0 Å². The Morgan fingerprint density at radius 2 is 2.33 bits per heavy atom. The Morgan fingerprint density at radius 1 is 1.67 bits per heavy atom. The van der Waals surface area contributed by atoms with Gasteiger partial charge in [-0.05, 0) is 12.3 Å². The average Bonchev–Trinajstić information content (AvgIpc) is 2.15. The van der Waals surface area contributed by atoms with Crippen LogP contribution in [0, 0.1) is 5.92 Å². The van der Waals surface area contributed by atoms with E-state index in [1.54, 1.807) is 0 Å². The highest BCUT2D eigenvalue weighted by atomic mass is 16.3. The molecule has 2 heteroatoms. The van der Waals surface area contributed by atoms with E-state index >= 15 is 0 Å². The summed E-state index contributed by atoms with van der Waals surface area (Å²) >= 11 is 0. The van der Waals surface area contributed by atoms with Gasteiger partial charge in [0.1, 0.15) is 0 Å². The number of nitrogens with one attached hydrogen (secondary N) is 1. The molecule has 0 aromatic heterocycles. The predicted molar refractivity (Wildman–Crippen MR) is 37.3 cm³/mol. The van der Waals surface area contributed by atoms with E-state index < -0.39 is 0 Å². The second-order valence-corrected chi connectivity index (χ2v) is 2.85. The highest BCUT2D eigenvalue weighted by Gasteiger charge is 2.28. The van der Waals surface area contributed by atoms with Crippen molar-refractivity contribution in [3.63, 3.8) is 0 Å². The molecule has 1 aliphatic rings. The molecule has 1 saturated heterocycles. The molecule has 0 spiro atoms. The lowest BCUT2D eigenvalue weighted by Crippen LogP contribution is -2.24. The molecule has 0 aliphatic carbocycles. The first-order chi connectivity index (χ1) is 4.25. The molecular formula is C7H15NO. The van der Waals surface area contributed by atoms with E-state index in [2.05, 4.69) is 19.2 Å². The molecule has 3 atom stereocenters. The van der Waals surface area contributed by atoms with Crippen LogP contribution >= 0.6 is 0 Å². The second kappa shape index (κ2) is 2.67. The lowest BCUT2D eigenvalue weighted by atomic mass is 9.99. The molecule has 54 valence electrons. The molecule has 1 rings (SSSR count). The molecule has 0 aromatic carbocycles. The molecule has 0 saturated carbocycles. The number of rotatable bonds is 1. The summed E-state index contributed by atoms with van der Waals surface area (Å²) in [6, 6.07) is 0.542. The highest BCUT2D eigenvalue weighted by Crippen LogP contribution is 2.16. The van der Waals surface area contributed by atoms with Gasteiger partial charge in [-0.25, -0.2) is 0 Å². The second-order valence-electron chi connectivity index (χ2n) is 2.85. The van der Waals surface area contributed by atoms with Gasteiger partial charge in [-0.2, -0.15) is 0 Å². The van der Waals surface area contributed by atoms with Crippen molar-refractivity contribution in [1.29, 1.82) is 0 Å². The molecule has 1 heterocycles. The fraction of sp³-hybridized carbons (Fsp3) is 1.00. The summed E-state index contributed by atoms with van der Waals surface area (Å²) in [6.07, 6.45) is 1.01. The summed E-state index contributed by atoms with van der Waals surface area (Å²) in [5.41, 5.74) is 0. The van der Waals surface area contributed by atoms with Gasteiger partial charge in [-0.15, -0.1) is 0 Å². The number of aliphatic hydroxyl groups is 1. The van der Waals surface area contributed by atoms with Crippen molar-refractivity contribution < 1.29 is 5.11 Å². The Bertz CT molecular complexity index is 94.9. The molecule has 2 nitrogen and oxygen atoms in total. The van der Waals surface area contributed by atoms with Gasteiger partial charge < -0.3 is 10.4 Å². The lowest BCUT2D eigenvalue weighted by molar-refractivity contribution is 0.147. The minimum Gasteiger partial charge on any atom is -0.391 e. The number of aliphatic hydroxyl groups excluding tert-OH is 1. The summed E-state index contributed by atoms with van der Waals surface area (Å²) in [6.45, 7) is 5.02. The smallest absolute Gasteiger partial charge is 0.0705 e. The number of hydrogen-bond acceptors (Lipinski definition) is 2. The van der Waals surface area contributed by atoms with E-state index in [1.807, 2.05) is 0 Å². The van der Waals surface area contributed by atoms with Crippen LogP contribution in [0.15, 0.2) is 0 Å². The minimum absolute atomic E-state index is 0.116. The molecule has 0 unspecified atom stereocenters. The van der Waals surface area contributed by atoms with Crippen LogP contribution in [0.25, 0.3) is 0 Å². The SMILES string of the molecule is CC[C@H]1NC[C@H](O)[C@@H]1C. The van der Waals surface area contributed by atoms with Gasteiger partial charge in [-0.1, -0.05) is 13.8 Å². The van der Waals surface area contributed by atoms with Crippen LogP contribution < -0.4 is 5.32 Å². The third-order valence-corrected chi connectivity index (χ3v) is 2.27. The summed E-state index contributed by atoms with van der Waals surface area (Å²) in [7, 11) is 0. The van der Waals surface area contributed by atoms with Crippen LogP contribution in [0.4, 0.5) is 0 Å². The first-order valence-corrected chi connectivity index (χ1v) is 3.67. The largest absolute Gasteiger partial charge is 0.391 e. The van der Waals surface area contributed by atoms with Crippen molar-refractivity contribution >= 4 is 0 Å². The van der Waals surface area contributed by atoms with E-state index in [0.717, 1.165) is 13.0 Å². The van der Waals surface area contributed by atoms with Crippen molar-refractivity contribution in [2.75, 3.05) is 6.54 Å². The lowest BCUT2D eigenvalue weighted by Gasteiger charge is -2.13. The van der Waals surface area contributed by atoms with Gasteiger partial charge in [0.15, 0.2) is 0 Å². The third-order valence-electron chi connectivity index (χ3n) is 2.27. The van der Waals surface area contributed by atoms with Crippen LogP contribution in [0.3, 0.4) is 0 Å². The van der Waals surface area contributed by atoms with Gasteiger partial charge in [0.25, 0.3) is 0 Å². The first-order valence-electron chi connectivity index (χ1n) is 3.67. The van der Waals surface area contributed by atoms with Gasteiger partial charge in [-0.3, -0.25) is 0 Å². The quantitative estimate of drug-likeness (QED) is 0.536. The van der Waals surface area contributed by atoms with E-state index in [-0.39, 0.29) is 6.10 Å². The molecule has 0 bridgehead atoms. The van der Waals surface area contributed by atoms with E-state index in [9.17, 15) is 5.11 Å². The Hall–Kier alpha value is -0.0800. The van der Waals surface area contributed by atoms with Gasteiger partial charge in [0.2, 0.25) is 0 Å². The van der Waals surface area contributed by atoms with Crippen LogP contribution in [-0.2, 0) is 0 Å². The molecular weight excluding hydrogens is 114 g/mol. The minimum atomic E-state index is -0.116. The van der Waals surface area contributed by atoms with Gasteiger partial charge in [0.05, 0.1) is 6.10 Å². The number of β-amino-alcohol motifs (C(OH)–C–C–N with tert-alkyl or cyclic N) is 1. The zero-order chi connectivity index (χ0) is 6.85. The van der Waals surface area contributed by atoms with Crippen molar-refractivity contribution in [1.82, 2.24) is 5.32 Å². The monoisotopic (exact) mass is 129 g/mol. The summed E-state index contributed by atoms with van der Waals surface area (Å²) < 4.78 is 0. The normalized spacial score (nSPS) is 43.7. The third kappa shape index (κ3) is 1.25. The number of hydrogen-bond donors (Lipinski definition) is 2. The molecule has 0 radical (unpaired) electrons. The van der Waals surface area contributed by atoms with E-state index in [4.69, 9.17) is 0 Å². The maximum absolute atomic E-state index is 9.24. The van der Waals surface area contributed by atoms with Crippen molar-refractivity contribution in [3.8, 4) is 0 Å². The van der Waals surface area contributed by atoms with Crippen LogP contribution in [-0.4, -0.2) is 23.8 Å². The fourth-order valence-corrected chi connectivity index (χ4v) is 1.43. The maximum atomic E-state index is 9.24. The fourth-order valence-electron chi connectivity index (χ4n) is 1.43. The van der Waals surface area contributed by atoms with Gasteiger partial charge in [0, 0.05) is 12.6 Å². The average molecular weight is 129 g/mol. The Morgan fingerprint density at radius 3 is 2.56 bits per heavy atom. The highest BCUT2D eigenvalue weighted by molar-refractivity contribution is 4.86. The van der Waals surface area contributed by atoms with E-state index in [1.165, 1.54) is 0 Å². The Balaban J connectivity index is 2.41. The molecule has 1 fully saturated rings. The van der Waals surface area contributed by atoms with E-state index in [0.29, 0.717) is 12.0 Å². The molecule has 0 aromatic rings. The summed E-state index contributed by atoms with van der Waals surface area (Å²) in [4.78, 5) is 0. The Kier molecular flexibility index (Phi) is 2.09. The van der Waals surface area contributed by atoms with Crippen LogP contribution in [0.1, 0.15) is 20.3 Å². The Labute approximate surface area is 56.3 Å². The zero-order valence-electron chi connectivity index (χ0n) is 6.09. The van der Waals surface area contributed by atoms with Crippen molar-refractivity contribution in [3.05, 3.63) is 0 Å². The van der Waals surface area contributed by atoms with Crippen LogP contribution in [0.2, 0.25) is 0 Å². The predicted octanol–water partition coefficient (Wildman–Crippen LogP) is 0.365. The molecule has 0 amide bonds. The summed E-state index contributed by atoms with van der Waals surface area (Å²) in [5.74, 6) is 0.440. The van der Waals surface area contributed by atoms with Gasteiger partial charge >= 0.3 is 0 Å². The molecule has 2 N–H and O–H groups in total. The topological polar surface area (TPSA) is 32.3 Å². The van der Waals surface area contributed by atoms with Crippen molar-refractivity contribution in [2.24, 2.45) is 5.92 Å². The first kappa shape index (κ1) is 7.03. The molecule has 1 aliphatic heterocycles. The summed E-state index contributed by atoms with van der Waals surface area (Å²) in [5, 5.41) is 12.5. The maximum Gasteiger partial charge on any atom is 0.0705 e. The zero-order valence-corrected chi connectivity index (χ0v) is 6.09. The van der Waals surface area contributed by atoms with Crippen molar-refractivity contribution in [2.45, 2.75) is 32.4 Å². The standard InChI is InChI=1S/C7H15NO/c1-3-6-5(2)7(9)4-8-6/h5-9H,3-4H2,1-2H3/t5-,6-,7+/m1/s1.